The van der Waals surface area contributed by atoms with Crippen molar-refractivity contribution in [2.45, 2.75) is 40.7 Å². The quantitative estimate of drug-likeness (QED) is 0.487. The molecule has 0 radical (unpaired) electrons. The van der Waals surface area contributed by atoms with Crippen LogP contribution in [0.5, 0.6) is 5.75 Å². The summed E-state index contributed by atoms with van der Waals surface area (Å²) in [7, 11) is 0. The van der Waals surface area contributed by atoms with Crippen LogP contribution in [0.2, 0.25) is 0 Å². The van der Waals surface area contributed by atoms with Gasteiger partial charge in [-0.05, 0) is 77.2 Å². The maximum absolute atomic E-state index is 5.50. The number of hydrogen-bond acceptors (Lipinski definition) is 4. The van der Waals surface area contributed by atoms with E-state index in [2.05, 4.69) is 53.6 Å². The second kappa shape index (κ2) is 7.92. The van der Waals surface area contributed by atoms with Gasteiger partial charge < -0.3 is 9.30 Å². The molecular weight excluding hydrogens is 358 g/mol. The third kappa shape index (κ3) is 3.88. The Morgan fingerprint density at radius 1 is 1.26 bits per heavy atom. The number of nitrogens with zero attached hydrogens (tertiary/aromatic N) is 4. The lowest BCUT2D eigenvalue weighted by molar-refractivity contribution is 0.340. The summed E-state index contributed by atoms with van der Waals surface area (Å²) in [6.45, 7) is 11.2. The molecule has 6 nitrogen and oxygen atoms in total. The number of H-pyrrole nitrogens is 1. The minimum absolute atomic E-state index is 0.405. The summed E-state index contributed by atoms with van der Waals surface area (Å²) in [5.74, 6) is 1.49. The topological polar surface area (TPSA) is 60.1 Å². The number of aromatic amines is 1. The number of ether oxygens (including phenoxy) is 1. The van der Waals surface area contributed by atoms with Crippen LogP contribution in [0.4, 0.5) is 0 Å². The Morgan fingerprint density at radius 2 is 1.96 bits per heavy atom. The first-order valence-electron chi connectivity index (χ1n) is 9.05. The molecule has 0 spiro atoms. The SMILES string of the molecule is CCOc1ccc(-c2n[nH]c(=S)n2/N=C\c2cc(C)n(C(C)C)c2C)cc1. The fraction of sp³-hybridized carbons (Fsp3) is 0.350. The van der Waals surface area contributed by atoms with E-state index in [4.69, 9.17) is 17.0 Å². The molecule has 2 heterocycles. The molecule has 0 aliphatic heterocycles. The molecule has 0 saturated heterocycles. The zero-order valence-corrected chi connectivity index (χ0v) is 17.2. The van der Waals surface area contributed by atoms with Crippen molar-refractivity contribution in [1.82, 2.24) is 19.4 Å². The van der Waals surface area contributed by atoms with Crippen LogP contribution in [-0.2, 0) is 0 Å². The van der Waals surface area contributed by atoms with Gasteiger partial charge in [0.2, 0.25) is 4.77 Å². The van der Waals surface area contributed by atoms with E-state index in [1.807, 2.05) is 37.4 Å². The van der Waals surface area contributed by atoms with E-state index in [0.717, 1.165) is 16.9 Å². The van der Waals surface area contributed by atoms with Crippen molar-refractivity contribution in [3.8, 4) is 17.1 Å². The molecule has 3 rings (SSSR count). The van der Waals surface area contributed by atoms with Gasteiger partial charge in [0.25, 0.3) is 0 Å². The maximum Gasteiger partial charge on any atom is 0.216 e. The van der Waals surface area contributed by atoms with Crippen LogP contribution >= 0.6 is 12.2 Å². The predicted octanol–water partition coefficient (Wildman–Crippen LogP) is 4.89. The fourth-order valence-corrected chi connectivity index (χ4v) is 3.48. The standard InChI is InChI=1S/C20H25N5OS/c1-6-26-18-9-7-16(8-10-18)19-22-23-20(27)25(19)21-12-17-11-14(4)24(13(2)3)15(17)5/h7-13H,6H2,1-5H3,(H,23,27)/b21-12-. The first-order chi connectivity index (χ1) is 12.9. The smallest absolute Gasteiger partial charge is 0.216 e. The van der Waals surface area contributed by atoms with Crippen molar-refractivity contribution >= 4 is 18.4 Å². The van der Waals surface area contributed by atoms with Gasteiger partial charge >= 0.3 is 0 Å². The van der Waals surface area contributed by atoms with E-state index in [1.54, 1.807) is 4.68 Å². The molecule has 0 aliphatic carbocycles. The summed E-state index contributed by atoms with van der Waals surface area (Å²) in [5.41, 5.74) is 4.38. The van der Waals surface area contributed by atoms with E-state index in [9.17, 15) is 0 Å². The van der Waals surface area contributed by atoms with E-state index in [0.29, 0.717) is 23.2 Å². The van der Waals surface area contributed by atoms with Crippen molar-refractivity contribution < 1.29 is 4.74 Å². The highest BCUT2D eigenvalue weighted by Crippen LogP contribution is 2.22. The second-order valence-corrected chi connectivity index (χ2v) is 7.04. The normalized spacial score (nSPS) is 11.6. The predicted molar refractivity (Wildman–Crippen MR) is 111 cm³/mol. The Hall–Kier alpha value is -2.67. The fourth-order valence-electron chi connectivity index (χ4n) is 3.30. The average Bonchev–Trinajstić information content (AvgIpc) is 3.13. The summed E-state index contributed by atoms with van der Waals surface area (Å²) in [6.07, 6.45) is 1.84. The van der Waals surface area contributed by atoms with Crippen LogP contribution in [0.25, 0.3) is 11.4 Å². The monoisotopic (exact) mass is 383 g/mol. The Kier molecular flexibility index (Phi) is 5.60. The van der Waals surface area contributed by atoms with Crippen LogP contribution < -0.4 is 4.74 Å². The van der Waals surface area contributed by atoms with Crippen molar-refractivity contribution in [2.75, 3.05) is 6.61 Å². The van der Waals surface area contributed by atoms with Crippen LogP contribution in [0.15, 0.2) is 35.4 Å². The highest BCUT2D eigenvalue weighted by atomic mass is 32.1. The van der Waals surface area contributed by atoms with E-state index < -0.39 is 0 Å². The lowest BCUT2D eigenvalue weighted by atomic mass is 10.2. The van der Waals surface area contributed by atoms with Crippen LogP contribution in [0.3, 0.4) is 0 Å². The molecule has 0 unspecified atom stereocenters. The molecule has 0 amide bonds. The molecule has 1 N–H and O–H groups in total. The first-order valence-corrected chi connectivity index (χ1v) is 9.46. The molecule has 7 heteroatoms. The van der Waals surface area contributed by atoms with Gasteiger partial charge in [-0.25, -0.2) is 5.10 Å². The Balaban J connectivity index is 1.95. The number of aryl methyl sites for hydroxylation is 1. The molecule has 0 bridgehead atoms. The molecule has 0 aliphatic rings. The summed E-state index contributed by atoms with van der Waals surface area (Å²) in [6, 6.07) is 10.3. The van der Waals surface area contributed by atoms with Gasteiger partial charge in [-0.3, -0.25) is 0 Å². The summed E-state index contributed by atoms with van der Waals surface area (Å²) >= 11 is 5.36. The maximum atomic E-state index is 5.50. The Morgan fingerprint density at radius 3 is 2.56 bits per heavy atom. The molecule has 2 aromatic heterocycles. The largest absolute Gasteiger partial charge is 0.494 e. The zero-order valence-electron chi connectivity index (χ0n) is 16.4. The van der Waals surface area contributed by atoms with Gasteiger partial charge in [-0.1, -0.05) is 0 Å². The number of nitrogens with one attached hydrogen (secondary N) is 1. The molecule has 0 atom stereocenters. The third-order valence-corrected chi connectivity index (χ3v) is 4.69. The molecule has 0 fully saturated rings. The number of hydrogen-bond donors (Lipinski definition) is 1. The van der Waals surface area contributed by atoms with Crippen LogP contribution in [0.1, 0.15) is 43.8 Å². The van der Waals surface area contributed by atoms with Gasteiger partial charge in [0.15, 0.2) is 5.82 Å². The molecule has 1 aromatic carbocycles. The molecule has 142 valence electrons. The van der Waals surface area contributed by atoms with Crippen LogP contribution in [-0.4, -0.2) is 32.3 Å². The minimum atomic E-state index is 0.405. The van der Waals surface area contributed by atoms with E-state index in [1.165, 1.54) is 11.4 Å². The molecule has 3 aromatic rings. The summed E-state index contributed by atoms with van der Waals surface area (Å²) < 4.78 is 9.89. The van der Waals surface area contributed by atoms with E-state index in [-0.39, 0.29) is 0 Å². The van der Waals surface area contributed by atoms with Gasteiger partial charge in [-0.15, -0.1) is 0 Å². The molecular formula is C20H25N5OS. The summed E-state index contributed by atoms with van der Waals surface area (Å²) in [4.78, 5) is 0. The lowest BCUT2D eigenvalue weighted by Gasteiger charge is -2.13. The van der Waals surface area contributed by atoms with E-state index >= 15 is 0 Å². The van der Waals surface area contributed by atoms with Crippen molar-refractivity contribution in [3.05, 3.63) is 52.1 Å². The van der Waals surface area contributed by atoms with Gasteiger partial charge in [0.05, 0.1) is 12.8 Å². The highest BCUT2D eigenvalue weighted by Gasteiger charge is 2.11. The Labute approximate surface area is 164 Å². The number of aromatic nitrogens is 4. The second-order valence-electron chi connectivity index (χ2n) is 6.66. The van der Waals surface area contributed by atoms with Gasteiger partial charge in [0, 0.05) is 28.6 Å². The van der Waals surface area contributed by atoms with Crippen molar-refractivity contribution in [3.63, 3.8) is 0 Å². The zero-order chi connectivity index (χ0) is 19.6. The van der Waals surface area contributed by atoms with Crippen molar-refractivity contribution in [2.24, 2.45) is 5.10 Å². The Bertz CT molecular complexity index is 1010. The lowest BCUT2D eigenvalue weighted by Crippen LogP contribution is -2.05. The highest BCUT2D eigenvalue weighted by molar-refractivity contribution is 7.71. The number of rotatable bonds is 6. The summed E-state index contributed by atoms with van der Waals surface area (Å²) in [5, 5.41) is 11.8. The third-order valence-electron chi connectivity index (χ3n) is 4.43. The first kappa shape index (κ1) is 19.1. The average molecular weight is 384 g/mol. The van der Waals surface area contributed by atoms with Gasteiger partial charge in [-0.2, -0.15) is 14.9 Å². The minimum Gasteiger partial charge on any atom is -0.494 e. The molecule has 0 saturated carbocycles. The number of benzene rings is 1. The van der Waals surface area contributed by atoms with Crippen molar-refractivity contribution in [1.29, 1.82) is 0 Å². The van der Waals surface area contributed by atoms with Gasteiger partial charge in [0.1, 0.15) is 5.75 Å². The van der Waals surface area contributed by atoms with Crippen LogP contribution in [0, 0.1) is 18.6 Å². The molecule has 27 heavy (non-hydrogen) atoms.